The van der Waals surface area contributed by atoms with Crippen LogP contribution in [0.4, 0.5) is 0 Å². The molecule has 3 rings (SSSR count). The van der Waals surface area contributed by atoms with Crippen molar-refractivity contribution in [3.05, 3.63) is 17.8 Å². The fourth-order valence-electron chi connectivity index (χ4n) is 3.55. The lowest BCUT2D eigenvalue weighted by molar-refractivity contribution is 0.00696. The third-order valence-corrected chi connectivity index (χ3v) is 4.71. The fraction of sp³-hybridized carbons (Fsp3) is 0.733. The summed E-state index contributed by atoms with van der Waals surface area (Å²) in [6.45, 7) is 3.84. The van der Waals surface area contributed by atoms with Crippen LogP contribution in [0.1, 0.15) is 48.4 Å². The zero-order valence-corrected chi connectivity index (χ0v) is 12.4. The second-order valence-electron chi connectivity index (χ2n) is 6.07. The fourth-order valence-corrected chi connectivity index (χ4v) is 3.55. The summed E-state index contributed by atoms with van der Waals surface area (Å²) in [6.07, 6.45) is 6.03. The summed E-state index contributed by atoms with van der Waals surface area (Å²) in [5.41, 5.74) is 0.311. The number of aliphatic hydroxyl groups excluding tert-OH is 1. The van der Waals surface area contributed by atoms with Crippen molar-refractivity contribution < 1.29 is 14.3 Å². The van der Waals surface area contributed by atoms with Crippen molar-refractivity contribution in [1.82, 2.24) is 15.2 Å². The predicted molar refractivity (Wildman–Crippen MR) is 76.9 cm³/mol. The first-order valence-corrected chi connectivity index (χ1v) is 7.80. The number of carbonyl (C=O) groups excluding carboxylic acids is 1. The summed E-state index contributed by atoms with van der Waals surface area (Å²) < 4.78 is 5.06. The van der Waals surface area contributed by atoms with Gasteiger partial charge in [0, 0.05) is 6.04 Å². The normalized spacial score (nSPS) is 30.5. The van der Waals surface area contributed by atoms with Crippen molar-refractivity contribution in [2.24, 2.45) is 0 Å². The van der Waals surface area contributed by atoms with Crippen molar-refractivity contribution in [1.29, 1.82) is 0 Å². The lowest BCUT2D eigenvalue weighted by atomic mass is 9.87. The molecule has 2 fully saturated rings. The van der Waals surface area contributed by atoms with Crippen molar-refractivity contribution in [3.63, 3.8) is 0 Å². The molecule has 6 nitrogen and oxygen atoms in total. The summed E-state index contributed by atoms with van der Waals surface area (Å²) in [5, 5.41) is 13.5. The lowest BCUT2D eigenvalue weighted by Gasteiger charge is -2.40. The van der Waals surface area contributed by atoms with Gasteiger partial charge in [-0.25, -0.2) is 4.98 Å². The van der Waals surface area contributed by atoms with Crippen LogP contribution in [-0.4, -0.2) is 52.2 Å². The van der Waals surface area contributed by atoms with Gasteiger partial charge in [-0.3, -0.25) is 9.69 Å². The monoisotopic (exact) mass is 293 g/mol. The number of hydrogen-bond donors (Lipinski definition) is 2. The van der Waals surface area contributed by atoms with Gasteiger partial charge >= 0.3 is 0 Å². The number of aryl methyl sites for hydroxylation is 1. The summed E-state index contributed by atoms with van der Waals surface area (Å²) in [6, 6.07) is -0.0297. The van der Waals surface area contributed by atoms with Gasteiger partial charge in [-0.1, -0.05) is 0 Å². The van der Waals surface area contributed by atoms with E-state index in [4.69, 9.17) is 4.42 Å². The van der Waals surface area contributed by atoms with Gasteiger partial charge < -0.3 is 14.8 Å². The second-order valence-corrected chi connectivity index (χ2v) is 6.07. The van der Waals surface area contributed by atoms with E-state index in [0.717, 1.165) is 32.4 Å². The molecule has 1 amide bonds. The topological polar surface area (TPSA) is 78.6 Å². The molecule has 2 N–H and O–H groups in total. The average molecular weight is 293 g/mol. The number of likely N-dealkylation sites (tertiary alicyclic amines) is 1. The first kappa shape index (κ1) is 14.5. The molecule has 21 heavy (non-hydrogen) atoms. The van der Waals surface area contributed by atoms with E-state index in [-0.39, 0.29) is 18.0 Å². The Labute approximate surface area is 124 Å². The summed E-state index contributed by atoms with van der Waals surface area (Å²) in [4.78, 5) is 18.5. The molecule has 0 bridgehead atoms. The molecule has 3 atom stereocenters. The number of amides is 1. The molecule has 1 aromatic rings. The standard InChI is InChI=1S/C15H23N3O3/c1-10-13(16-9-21-10)15(20)17-11-5-4-6-12(14(11)19)18-7-2-3-8-18/h9,11-12,14,19H,2-8H2,1H3,(H,17,20)/t11-,12-,14-/m1/s1. The van der Waals surface area contributed by atoms with Crippen LogP contribution in [0.2, 0.25) is 0 Å². The highest BCUT2D eigenvalue weighted by molar-refractivity contribution is 5.93. The molecule has 0 aromatic carbocycles. The molecular weight excluding hydrogens is 270 g/mol. The largest absolute Gasteiger partial charge is 0.448 e. The molecule has 1 aromatic heterocycles. The lowest BCUT2D eigenvalue weighted by Crippen LogP contribution is -2.56. The molecule has 0 unspecified atom stereocenters. The minimum absolute atomic E-state index is 0.171. The number of carbonyl (C=O) groups is 1. The smallest absolute Gasteiger partial charge is 0.273 e. The van der Waals surface area contributed by atoms with E-state index in [1.807, 2.05) is 0 Å². The quantitative estimate of drug-likeness (QED) is 0.872. The van der Waals surface area contributed by atoms with Crippen LogP contribution >= 0.6 is 0 Å². The van der Waals surface area contributed by atoms with E-state index in [2.05, 4.69) is 15.2 Å². The minimum Gasteiger partial charge on any atom is -0.448 e. The minimum atomic E-state index is -0.506. The van der Waals surface area contributed by atoms with E-state index < -0.39 is 6.10 Å². The maximum atomic E-state index is 12.2. The van der Waals surface area contributed by atoms with Gasteiger partial charge in [0.1, 0.15) is 5.76 Å². The van der Waals surface area contributed by atoms with Gasteiger partial charge in [0.25, 0.3) is 5.91 Å². The third-order valence-electron chi connectivity index (χ3n) is 4.71. The van der Waals surface area contributed by atoms with Crippen LogP contribution in [0.25, 0.3) is 0 Å². The van der Waals surface area contributed by atoms with Crippen molar-refractivity contribution >= 4 is 5.91 Å². The SMILES string of the molecule is Cc1ocnc1C(=O)N[C@@H]1CCC[C@@H](N2CCCC2)[C@@H]1O. The summed E-state index contributed by atoms with van der Waals surface area (Å²) >= 11 is 0. The summed E-state index contributed by atoms with van der Waals surface area (Å²) in [5.74, 6) is 0.251. The highest BCUT2D eigenvalue weighted by Crippen LogP contribution is 2.26. The van der Waals surface area contributed by atoms with Gasteiger partial charge in [0.2, 0.25) is 0 Å². The van der Waals surface area contributed by atoms with E-state index >= 15 is 0 Å². The Balaban J connectivity index is 1.64. The van der Waals surface area contributed by atoms with Gasteiger partial charge in [0.05, 0.1) is 12.1 Å². The van der Waals surface area contributed by atoms with E-state index in [1.54, 1.807) is 6.92 Å². The Bertz CT molecular complexity index is 496. The molecule has 0 spiro atoms. The van der Waals surface area contributed by atoms with Crippen molar-refractivity contribution in [2.75, 3.05) is 13.1 Å². The van der Waals surface area contributed by atoms with Crippen molar-refractivity contribution in [2.45, 2.75) is 57.2 Å². The first-order valence-electron chi connectivity index (χ1n) is 7.80. The highest BCUT2D eigenvalue weighted by Gasteiger charge is 2.37. The molecule has 1 aliphatic carbocycles. The number of nitrogens with one attached hydrogen (secondary N) is 1. The molecule has 6 heteroatoms. The first-order chi connectivity index (χ1) is 10.2. The Morgan fingerprint density at radius 2 is 2.14 bits per heavy atom. The maximum absolute atomic E-state index is 12.2. The number of nitrogens with zero attached hydrogens (tertiary/aromatic N) is 2. The van der Waals surface area contributed by atoms with Crippen molar-refractivity contribution in [3.8, 4) is 0 Å². The van der Waals surface area contributed by atoms with Crippen LogP contribution in [0, 0.1) is 6.92 Å². The third kappa shape index (κ3) is 2.96. The molecule has 2 heterocycles. The van der Waals surface area contributed by atoms with Crippen LogP contribution in [0.15, 0.2) is 10.8 Å². The molecule has 1 saturated heterocycles. The van der Waals surface area contributed by atoms with E-state index in [1.165, 1.54) is 19.2 Å². The molecule has 2 aliphatic rings. The van der Waals surface area contributed by atoms with Crippen LogP contribution in [-0.2, 0) is 0 Å². The van der Waals surface area contributed by atoms with Gasteiger partial charge in [-0.2, -0.15) is 0 Å². The van der Waals surface area contributed by atoms with Gasteiger partial charge in [-0.05, 0) is 52.1 Å². The number of hydrogen-bond acceptors (Lipinski definition) is 5. The number of aromatic nitrogens is 1. The number of rotatable bonds is 3. The zero-order chi connectivity index (χ0) is 14.8. The number of oxazole rings is 1. The van der Waals surface area contributed by atoms with Crippen LogP contribution in [0.5, 0.6) is 0 Å². The van der Waals surface area contributed by atoms with Gasteiger partial charge in [-0.15, -0.1) is 0 Å². The molecule has 1 aliphatic heterocycles. The maximum Gasteiger partial charge on any atom is 0.273 e. The summed E-state index contributed by atoms with van der Waals surface area (Å²) in [7, 11) is 0. The Kier molecular flexibility index (Phi) is 4.26. The Hall–Kier alpha value is -1.40. The number of aliphatic hydroxyl groups is 1. The average Bonchev–Trinajstić information content (AvgIpc) is 3.12. The van der Waals surface area contributed by atoms with Gasteiger partial charge in [0.15, 0.2) is 12.1 Å². The molecular formula is C15H23N3O3. The van der Waals surface area contributed by atoms with E-state index in [0.29, 0.717) is 11.5 Å². The Morgan fingerprint density at radius 1 is 1.38 bits per heavy atom. The highest BCUT2D eigenvalue weighted by atomic mass is 16.3. The van der Waals surface area contributed by atoms with Crippen LogP contribution in [0.3, 0.4) is 0 Å². The molecule has 1 saturated carbocycles. The predicted octanol–water partition coefficient (Wildman–Crippen LogP) is 1.09. The van der Waals surface area contributed by atoms with Crippen LogP contribution < -0.4 is 5.32 Å². The molecule has 116 valence electrons. The zero-order valence-electron chi connectivity index (χ0n) is 12.4. The van der Waals surface area contributed by atoms with E-state index in [9.17, 15) is 9.90 Å². The molecule has 0 radical (unpaired) electrons. The Morgan fingerprint density at radius 3 is 2.81 bits per heavy atom. The second kappa shape index (κ2) is 6.15.